The lowest BCUT2D eigenvalue weighted by Crippen LogP contribution is -2.28. The van der Waals surface area contributed by atoms with E-state index in [1.807, 2.05) is 36.4 Å². The number of nitrogens with one attached hydrogen (secondary N) is 1. The van der Waals surface area contributed by atoms with Crippen molar-refractivity contribution in [2.75, 3.05) is 12.4 Å². The van der Waals surface area contributed by atoms with Crippen LogP contribution in [0.25, 0.3) is 22.2 Å². The van der Waals surface area contributed by atoms with Gasteiger partial charge in [0.1, 0.15) is 5.00 Å². The molecule has 2 heterocycles. The number of hydrogen-bond acceptors (Lipinski definition) is 5. The van der Waals surface area contributed by atoms with Crippen LogP contribution in [0.4, 0.5) is 5.00 Å². The Kier molecular flexibility index (Phi) is 7.30. The van der Waals surface area contributed by atoms with E-state index in [0.717, 1.165) is 41.7 Å². The van der Waals surface area contributed by atoms with Gasteiger partial charge in [0, 0.05) is 20.8 Å². The highest BCUT2D eigenvalue weighted by Gasteiger charge is 2.35. The molecule has 0 radical (unpaired) electrons. The average molecular weight is 547 g/mol. The Balaban J connectivity index is 1.57. The van der Waals surface area contributed by atoms with Gasteiger partial charge in [0.25, 0.3) is 5.91 Å². The number of aromatic nitrogens is 1. The molecule has 1 amide bonds. The van der Waals surface area contributed by atoms with Crippen molar-refractivity contribution in [2.45, 2.75) is 46.5 Å². The van der Waals surface area contributed by atoms with Crippen LogP contribution in [0.15, 0.2) is 54.6 Å². The van der Waals surface area contributed by atoms with E-state index in [2.05, 4.69) is 26.1 Å². The van der Waals surface area contributed by atoms with Crippen LogP contribution in [0, 0.1) is 11.3 Å². The van der Waals surface area contributed by atoms with Crippen molar-refractivity contribution in [3.63, 3.8) is 0 Å². The van der Waals surface area contributed by atoms with Gasteiger partial charge < -0.3 is 10.1 Å². The fourth-order valence-electron chi connectivity index (χ4n) is 5.26. The third-order valence-corrected chi connectivity index (χ3v) is 9.39. The normalized spacial score (nSPS) is 15.2. The molecule has 5 rings (SSSR count). The van der Waals surface area contributed by atoms with Crippen molar-refractivity contribution in [3.05, 3.63) is 81.2 Å². The molecule has 1 N–H and O–H groups in total. The maximum Gasteiger partial charge on any atom is 0.341 e. The average Bonchev–Trinajstić information content (AvgIpc) is 3.29. The predicted molar refractivity (Wildman–Crippen MR) is 155 cm³/mol. The number of pyridine rings is 1. The van der Waals surface area contributed by atoms with E-state index in [9.17, 15) is 9.59 Å². The summed E-state index contributed by atoms with van der Waals surface area (Å²) in [6, 6.07) is 16.9. The first-order chi connectivity index (χ1) is 18.2. The van der Waals surface area contributed by atoms with Crippen molar-refractivity contribution in [1.29, 1.82) is 0 Å². The van der Waals surface area contributed by atoms with Crippen LogP contribution in [0.1, 0.15) is 64.8 Å². The molecule has 38 heavy (non-hydrogen) atoms. The fourth-order valence-corrected chi connectivity index (χ4v) is 6.74. The Morgan fingerprint density at radius 3 is 2.63 bits per heavy atom. The van der Waals surface area contributed by atoms with Gasteiger partial charge in [-0.2, -0.15) is 0 Å². The van der Waals surface area contributed by atoms with Gasteiger partial charge in [-0.25, -0.2) is 9.78 Å². The molecular weight excluding hydrogens is 516 g/mol. The Morgan fingerprint density at radius 2 is 1.92 bits per heavy atom. The highest BCUT2D eigenvalue weighted by Crippen LogP contribution is 2.46. The summed E-state index contributed by atoms with van der Waals surface area (Å²) in [5.74, 6) is -0.211. The zero-order valence-electron chi connectivity index (χ0n) is 22.1. The van der Waals surface area contributed by atoms with Crippen LogP contribution in [0.5, 0.6) is 0 Å². The topological polar surface area (TPSA) is 68.3 Å². The molecule has 0 saturated heterocycles. The van der Waals surface area contributed by atoms with Crippen molar-refractivity contribution < 1.29 is 14.3 Å². The Bertz CT molecular complexity index is 1530. The SMILES string of the molecule is CCC(C)(C)[C@@H]1CCc2c(sc(NC(=O)c3cc(-c4ccccc4)nc4ccc(Cl)cc34)c2C(=O)OC)C1. The van der Waals surface area contributed by atoms with Gasteiger partial charge in [-0.15, -0.1) is 11.3 Å². The molecule has 0 unspecified atom stereocenters. The first-order valence-corrected chi connectivity index (χ1v) is 14.1. The molecule has 2 aromatic carbocycles. The van der Waals surface area contributed by atoms with Crippen molar-refractivity contribution in [3.8, 4) is 11.3 Å². The second-order valence-corrected chi connectivity index (χ2v) is 12.1. The number of methoxy groups -OCH3 is 1. The molecule has 0 aliphatic heterocycles. The van der Waals surface area contributed by atoms with Gasteiger partial charge in [0.05, 0.1) is 29.4 Å². The van der Waals surface area contributed by atoms with Crippen molar-refractivity contribution >= 4 is 50.7 Å². The minimum atomic E-state index is -0.418. The molecule has 5 nitrogen and oxygen atoms in total. The summed E-state index contributed by atoms with van der Waals surface area (Å²) in [6.07, 6.45) is 3.79. The maximum atomic E-state index is 13.8. The van der Waals surface area contributed by atoms with Gasteiger partial charge in [-0.05, 0) is 60.4 Å². The van der Waals surface area contributed by atoms with Gasteiger partial charge in [0.2, 0.25) is 0 Å². The number of anilines is 1. The molecule has 0 bridgehead atoms. The summed E-state index contributed by atoms with van der Waals surface area (Å²) in [5, 5.41) is 4.78. The van der Waals surface area contributed by atoms with Crippen LogP contribution in [-0.2, 0) is 17.6 Å². The van der Waals surface area contributed by atoms with Crippen molar-refractivity contribution in [1.82, 2.24) is 4.98 Å². The lowest BCUT2D eigenvalue weighted by Gasteiger charge is -2.36. The molecule has 196 valence electrons. The standard InChI is InChI=1S/C31H31ClN2O3S/c1-5-31(2,3)19-11-13-21-26(15-19)38-29(27(21)30(36)37-4)34-28(35)23-17-25(18-9-7-6-8-10-18)33-24-14-12-20(32)16-22(23)24/h6-10,12,14,16-17,19H,5,11,13,15H2,1-4H3,(H,34,35)/t19-/m1/s1. The first kappa shape index (κ1) is 26.4. The summed E-state index contributed by atoms with van der Waals surface area (Å²) >= 11 is 7.80. The number of thiophene rings is 1. The summed E-state index contributed by atoms with van der Waals surface area (Å²) in [5.41, 5.74) is 4.41. The van der Waals surface area contributed by atoms with Crippen LogP contribution in [0.2, 0.25) is 5.02 Å². The van der Waals surface area contributed by atoms with E-state index in [4.69, 9.17) is 21.3 Å². The van der Waals surface area contributed by atoms with Crippen molar-refractivity contribution in [2.24, 2.45) is 11.3 Å². The minimum absolute atomic E-state index is 0.208. The van der Waals surface area contributed by atoms with Gasteiger partial charge >= 0.3 is 5.97 Å². The summed E-state index contributed by atoms with van der Waals surface area (Å²) in [4.78, 5) is 32.7. The van der Waals surface area contributed by atoms with Crippen LogP contribution < -0.4 is 5.32 Å². The molecule has 0 fully saturated rings. The number of fused-ring (bicyclic) bond motifs is 2. The van der Waals surface area contributed by atoms with E-state index in [0.29, 0.717) is 43.7 Å². The fraction of sp³-hybridized carbons (Fsp3) is 0.323. The number of halogens is 1. The highest BCUT2D eigenvalue weighted by atomic mass is 35.5. The minimum Gasteiger partial charge on any atom is -0.465 e. The van der Waals surface area contributed by atoms with E-state index in [-0.39, 0.29) is 11.3 Å². The lowest BCUT2D eigenvalue weighted by atomic mass is 9.69. The third-order valence-electron chi connectivity index (χ3n) is 7.98. The summed E-state index contributed by atoms with van der Waals surface area (Å²) < 4.78 is 5.16. The molecule has 1 aliphatic carbocycles. The molecule has 0 spiro atoms. The highest BCUT2D eigenvalue weighted by molar-refractivity contribution is 7.17. The molecule has 1 aliphatic rings. The van der Waals surface area contributed by atoms with Crippen LogP contribution >= 0.6 is 22.9 Å². The number of nitrogens with zero attached hydrogens (tertiary/aromatic N) is 1. The zero-order valence-corrected chi connectivity index (χ0v) is 23.6. The van der Waals surface area contributed by atoms with Crippen LogP contribution in [-0.4, -0.2) is 24.0 Å². The Hall–Kier alpha value is -3.22. The second-order valence-electron chi connectivity index (χ2n) is 10.5. The van der Waals surface area contributed by atoms with Gasteiger partial charge in [-0.3, -0.25) is 4.79 Å². The smallest absolute Gasteiger partial charge is 0.341 e. The second kappa shape index (κ2) is 10.5. The maximum absolute atomic E-state index is 13.8. The van der Waals surface area contributed by atoms with Gasteiger partial charge in [0.15, 0.2) is 0 Å². The number of benzene rings is 2. The number of carbonyl (C=O) groups excluding carboxylic acids is 2. The molecule has 4 aromatic rings. The van der Waals surface area contributed by atoms with E-state index < -0.39 is 5.97 Å². The number of carbonyl (C=O) groups is 2. The number of hydrogen-bond donors (Lipinski definition) is 1. The number of amides is 1. The summed E-state index contributed by atoms with van der Waals surface area (Å²) in [7, 11) is 1.38. The molecule has 1 atom stereocenters. The molecular formula is C31H31ClN2O3S. The largest absolute Gasteiger partial charge is 0.465 e. The third kappa shape index (κ3) is 4.95. The monoisotopic (exact) mass is 546 g/mol. The number of rotatable bonds is 6. The predicted octanol–water partition coefficient (Wildman–Crippen LogP) is 8.20. The quantitative estimate of drug-likeness (QED) is 0.247. The first-order valence-electron chi connectivity index (χ1n) is 12.9. The number of esters is 1. The van der Waals surface area contributed by atoms with E-state index in [1.54, 1.807) is 18.2 Å². The number of ether oxygens (including phenoxy) is 1. The lowest BCUT2D eigenvalue weighted by molar-refractivity contribution is 0.0600. The molecule has 0 saturated carbocycles. The van der Waals surface area contributed by atoms with E-state index in [1.165, 1.54) is 18.4 Å². The van der Waals surface area contributed by atoms with Gasteiger partial charge in [-0.1, -0.05) is 69.1 Å². The van der Waals surface area contributed by atoms with Crippen LogP contribution in [0.3, 0.4) is 0 Å². The molecule has 2 aromatic heterocycles. The Morgan fingerprint density at radius 1 is 1.16 bits per heavy atom. The molecule has 7 heteroatoms. The Labute approximate surface area is 232 Å². The summed E-state index contributed by atoms with van der Waals surface area (Å²) in [6.45, 7) is 6.85. The van der Waals surface area contributed by atoms with E-state index >= 15 is 0 Å². The zero-order chi connectivity index (χ0) is 27.0.